The first-order valence-corrected chi connectivity index (χ1v) is 9.56. The van der Waals surface area contributed by atoms with Crippen LogP contribution < -0.4 is 0 Å². The molecule has 0 aliphatic carbocycles. The van der Waals surface area contributed by atoms with Gasteiger partial charge < -0.3 is 4.90 Å². The molecule has 0 fully saturated rings. The van der Waals surface area contributed by atoms with E-state index in [-0.39, 0.29) is 11.7 Å². The van der Waals surface area contributed by atoms with E-state index in [0.717, 1.165) is 22.2 Å². The van der Waals surface area contributed by atoms with Gasteiger partial charge in [0, 0.05) is 48.5 Å². The Hall–Kier alpha value is -3.60. The van der Waals surface area contributed by atoms with Crippen LogP contribution in [0.1, 0.15) is 21.6 Å². The summed E-state index contributed by atoms with van der Waals surface area (Å²) in [5.41, 5.74) is 4.23. The van der Waals surface area contributed by atoms with Gasteiger partial charge >= 0.3 is 0 Å². The zero-order valence-electron chi connectivity index (χ0n) is 15.7. The number of para-hydroxylation sites is 1. The minimum Gasteiger partial charge on any atom is -0.334 e. The molecule has 0 saturated heterocycles. The number of hydrogen-bond acceptors (Lipinski definition) is 3. The van der Waals surface area contributed by atoms with Crippen molar-refractivity contribution < 1.29 is 9.18 Å². The molecule has 0 atom stereocenters. The molecule has 0 N–H and O–H groups in total. The Morgan fingerprint density at radius 1 is 0.931 bits per heavy atom. The lowest BCUT2D eigenvalue weighted by Crippen LogP contribution is -2.26. The molecule has 2 aromatic heterocycles. The topological polar surface area (TPSA) is 46.1 Å². The third kappa shape index (κ3) is 3.14. The number of aromatic nitrogens is 2. The zero-order chi connectivity index (χ0) is 19.8. The fourth-order valence-corrected chi connectivity index (χ4v) is 3.91. The number of fused-ring (bicyclic) bond motifs is 2. The monoisotopic (exact) mass is 383 g/mol. The Morgan fingerprint density at radius 2 is 1.76 bits per heavy atom. The van der Waals surface area contributed by atoms with Crippen LogP contribution in [-0.4, -0.2) is 27.3 Å². The van der Waals surface area contributed by atoms with E-state index in [1.54, 1.807) is 35.5 Å². The molecule has 29 heavy (non-hydrogen) atoms. The van der Waals surface area contributed by atoms with Crippen LogP contribution in [-0.2, 0) is 13.0 Å². The van der Waals surface area contributed by atoms with Gasteiger partial charge in [-0.2, -0.15) is 0 Å². The molecule has 0 radical (unpaired) electrons. The number of benzene rings is 2. The van der Waals surface area contributed by atoms with Crippen molar-refractivity contribution in [1.29, 1.82) is 0 Å². The summed E-state index contributed by atoms with van der Waals surface area (Å²) in [6.45, 7) is 1.02. The third-order valence-corrected chi connectivity index (χ3v) is 5.37. The second kappa shape index (κ2) is 7.09. The van der Waals surface area contributed by atoms with Crippen molar-refractivity contribution in [3.63, 3.8) is 0 Å². The number of nitrogens with zero attached hydrogens (tertiary/aromatic N) is 3. The highest BCUT2D eigenvalue weighted by molar-refractivity contribution is 6.04. The van der Waals surface area contributed by atoms with Gasteiger partial charge in [-0.05, 0) is 41.5 Å². The number of amides is 1. The van der Waals surface area contributed by atoms with Crippen LogP contribution in [0, 0.1) is 5.82 Å². The highest BCUT2D eigenvalue weighted by atomic mass is 19.1. The van der Waals surface area contributed by atoms with E-state index in [1.165, 1.54) is 6.07 Å². The molecule has 142 valence electrons. The summed E-state index contributed by atoms with van der Waals surface area (Å²) in [5.74, 6) is -0.520. The van der Waals surface area contributed by atoms with Gasteiger partial charge in [0.15, 0.2) is 0 Å². The predicted molar refractivity (Wildman–Crippen MR) is 110 cm³/mol. The van der Waals surface area contributed by atoms with E-state index >= 15 is 0 Å². The summed E-state index contributed by atoms with van der Waals surface area (Å²) in [6, 6.07) is 18.6. The lowest BCUT2D eigenvalue weighted by molar-refractivity contribution is 0.0780. The van der Waals surface area contributed by atoms with E-state index < -0.39 is 0 Å². The maximum atomic E-state index is 14.6. The number of pyridine rings is 2. The molecular formula is C24H18FN3O. The highest BCUT2D eigenvalue weighted by Gasteiger charge is 2.31. The summed E-state index contributed by atoms with van der Waals surface area (Å²) >= 11 is 0. The molecule has 5 rings (SSSR count). The van der Waals surface area contributed by atoms with Gasteiger partial charge in [0.25, 0.3) is 5.91 Å². The first-order chi connectivity index (χ1) is 14.2. The van der Waals surface area contributed by atoms with Crippen LogP contribution in [0.4, 0.5) is 4.39 Å². The number of hydrogen-bond donors (Lipinski definition) is 0. The number of rotatable bonds is 4. The normalized spacial score (nSPS) is 13.1. The first-order valence-electron chi connectivity index (χ1n) is 9.56. The third-order valence-electron chi connectivity index (χ3n) is 5.37. The van der Waals surface area contributed by atoms with Crippen LogP contribution >= 0.6 is 0 Å². The number of halogens is 1. The fraction of sp³-hybridized carbons (Fsp3) is 0.125. The summed E-state index contributed by atoms with van der Waals surface area (Å²) in [7, 11) is 0. The minimum atomic E-state index is -0.388. The average molecular weight is 383 g/mol. The second-order valence-corrected chi connectivity index (χ2v) is 7.16. The first kappa shape index (κ1) is 17.5. The van der Waals surface area contributed by atoms with Crippen LogP contribution in [0.25, 0.3) is 22.0 Å². The smallest absolute Gasteiger partial charge is 0.255 e. The van der Waals surface area contributed by atoms with Gasteiger partial charge in [-0.1, -0.05) is 30.3 Å². The van der Waals surface area contributed by atoms with Crippen LogP contribution in [0.15, 0.2) is 73.1 Å². The Balaban J connectivity index is 1.41. The van der Waals surface area contributed by atoms with E-state index in [0.29, 0.717) is 36.2 Å². The Bertz CT molecular complexity index is 1220. The van der Waals surface area contributed by atoms with Crippen molar-refractivity contribution in [2.24, 2.45) is 0 Å². The quantitative estimate of drug-likeness (QED) is 0.516. The van der Waals surface area contributed by atoms with E-state index in [2.05, 4.69) is 16.0 Å². The molecule has 0 spiro atoms. The summed E-state index contributed by atoms with van der Waals surface area (Å²) in [5, 5.41) is 1.10. The molecule has 0 bridgehead atoms. The molecule has 4 aromatic rings. The van der Waals surface area contributed by atoms with Gasteiger partial charge in [0.2, 0.25) is 0 Å². The maximum absolute atomic E-state index is 14.6. The van der Waals surface area contributed by atoms with E-state index in [4.69, 9.17) is 0 Å². The van der Waals surface area contributed by atoms with Gasteiger partial charge in [-0.15, -0.1) is 0 Å². The fourth-order valence-electron chi connectivity index (χ4n) is 3.91. The van der Waals surface area contributed by atoms with Crippen molar-refractivity contribution in [1.82, 2.24) is 14.9 Å². The van der Waals surface area contributed by atoms with Crippen molar-refractivity contribution in [2.75, 3.05) is 6.54 Å². The SMILES string of the molecule is O=C1c2c(ccc(F)c2-c2ccncc2)CN1CCc1ccc2ccccc2n1. The summed E-state index contributed by atoms with van der Waals surface area (Å²) < 4.78 is 14.6. The van der Waals surface area contributed by atoms with Gasteiger partial charge in [-0.25, -0.2) is 4.39 Å². The van der Waals surface area contributed by atoms with Crippen molar-refractivity contribution in [3.8, 4) is 11.1 Å². The summed E-state index contributed by atoms with van der Waals surface area (Å²) in [4.78, 5) is 23.5. The highest BCUT2D eigenvalue weighted by Crippen LogP contribution is 2.34. The molecule has 5 heteroatoms. The number of carbonyl (C=O) groups is 1. The average Bonchev–Trinajstić information content (AvgIpc) is 3.08. The van der Waals surface area contributed by atoms with Crippen LogP contribution in [0.3, 0.4) is 0 Å². The molecule has 1 aliphatic rings. The molecule has 1 aliphatic heterocycles. The Morgan fingerprint density at radius 3 is 2.62 bits per heavy atom. The van der Waals surface area contributed by atoms with Crippen molar-refractivity contribution in [3.05, 3.63) is 95.7 Å². The van der Waals surface area contributed by atoms with Gasteiger partial charge in [-0.3, -0.25) is 14.8 Å². The molecule has 0 unspecified atom stereocenters. The number of carbonyl (C=O) groups excluding carboxylic acids is 1. The van der Waals surface area contributed by atoms with Crippen LogP contribution in [0.5, 0.6) is 0 Å². The largest absolute Gasteiger partial charge is 0.334 e. The predicted octanol–water partition coefficient (Wildman–Crippen LogP) is 4.63. The van der Waals surface area contributed by atoms with Crippen molar-refractivity contribution in [2.45, 2.75) is 13.0 Å². The minimum absolute atomic E-state index is 0.132. The standard InChI is InChI=1S/C24H18FN3O/c25-20-8-6-18-15-28(24(29)23(18)22(20)17-9-12-26-13-10-17)14-11-19-7-5-16-3-1-2-4-21(16)27-19/h1-10,12-13H,11,14-15H2. The Kier molecular flexibility index (Phi) is 4.28. The lowest BCUT2D eigenvalue weighted by atomic mass is 9.97. The zero-order valence-corrected chi connectivity index (χ0v) is 15.7. The maximum Gasteiger partial charge on any atom is 0.255 e. The molecule has 0 saturated carbocycles. The van der Waals surface area contributed by atoms with Crippen molar-refractivity contribution >= 4 is 16.8 Å². The van der Waals surface area contributed by atoms with Crippen LogP contribution in [0.2, 0.25) is 0 Å². The lowest BCUT2D eigenvalue weighted by Gasteiger charge is -2.15. The molecule has 4 nitrogen and oxygen atoms in total. The molecule has 2 aromatic carbocycles. The van der Waals surface area contributed by atoms with E-state index in [9.17, 15) is 9.18 Å². The second-order valence-electron chi connectivity index (χ2n) is 7.16. The van der Waals surface area contributed by atoms with Gasteiger partial charge in [0.05, 0.1) is 11.1 Å². The Labute approximate surface area is 167 Å². The molecule has 3 heterocycles. The summed E-state index contributed by atoms with van der Waals surface area (Å²) in [6.07, 6.45) is 3.87. The molecular weight excluding hydrogens is 365 g/mol. The molecule has 1 amide bonds. The van der Waals surface area contributed by atoms with E-state index in [1.807, 2.05) is 30.3 Å². The van der Waals surface area contributed by atoms with Gasteiger partial charge in [0.1, 0.15) is 5.82 Å².